The highest BCUT2D eigenvalue weighted by atomic mass is 79.9. The summed E-state index contributed by atoms with van der Waals surface area (Å²) in [6.45, 7) is 0. The second-order valence-corrected chi connectivity index (χ2v) is 5.48. The van der Waals surface area contributed by atoms with Gasteiger partial charge in [-0.1, -0.05) is 0 Å². The molecule has 9 heteroatoms. The van der Waals surface area contributed by atoms with Crippen LogP contribution in [0.2, 0.25) is 0 Å². The van der Waals surface area contributed by atoms with E-state index in [4.69, 9.17) is 10.8 Å². The van der Waals surface area contributed by atoms with Crippen LogP contribution >= 0.6 is 27.3 Å². The van der Waals surface area contributed by atoms with Gasteiger partial charge in [-0.25, -0.2) is 13.8 Å². The Labute approximate surface area is 124 Å². The van der Waals surface area contributed by atoms with Gasteiger partial charge >= 0.3 is 5.97 Å². The van der Waals surface area contributed by atoms with Gasteiger partial charge in [0.2, 0.25) is 0 Å². The van der Waals surface area contributed by atoms with Gasteiger partial charge in [0, 0.05) is 11.4 Å². The van der Waals surface area contributed by atoms with E-state index in [1.54, 1.807) is 0 Å². The molecule has 0 radical (unpaired) electrons. The van der Waals surface area contributed by atoms with E-state index < -0.39 is 23.6 Å². The van der Waals surface area contributed by atoms with Crippen LogP contribution in [-0.4, -0.2) is 16.1 Å². The van der Waals surface area contributed by atoms with Crippen LogP contribution < -0.4 is 11.1 Å². The predicted molar refractivity (Wildman–Crippen MR) is 74.0 cm³/mol. The molecule has 0 amide bonds. The summed E-state index contributed by atoms with van der Waals surface area (Å²) in [5.74, 6) is -2.72. The number of aromatic nitrogens is 1. The molecule has 0 bridgehead atoms. The van der Waals surface area contributed by atoms with E-state index in [-0.39, 0.29) is 21.0 Å². The van der Waals surface area contributed by atoms with E-state index in [1.807, 2.05) is 0 Å². The molecule has 0 aliphatic heterocycles. The summed E-state index contributed by atoms with van der Waals surface area (Å²) < 4.78 is 26.7. The van der Waals surface area contributed by atoms with Crippen molar-refractivity contribution in [2.75, 3.05) is 5.32 Å². The largest absolute Gasteiger partial charge is 0.480 e. The standard InChI is InChI=1S/C11H8BrF2N3O2S/c12-4-1-7(6(14)2-5(4)13)16-11-17-8(3-20-11)9(15)10(18)19/h1-3,9H,15H2,(H,16,17)(H,18,19). The first-order valence-corrected chi connectivity index (χ1v) is 6.91. The number of nitrogens with zero attached hydrogens (tertiary/aromatic N) is 1. The van der Waals surface area contributed by atoms with Crippen LogP contribution in [0.5, 0.6) is 0 Å². The summed E-state index contributed by atoms with van der Waals surface area (Å²) in [4.78, 5) is 14.7. The Bertz CT molecular complexity index is 665. The number of nitrogens with one attached hydrogen (secondary N) is 1. The van der Waals surface area contributed by atoms with Crippen LogP contribution in [0.25, 0.3) is 0 Å². The maximum atomic E-state index is 13.5. The van der Waals surface area contributed by atoms with Crippen molar-refractivity contribution < 1.29 is 18.7 Å². The predicted octanol–water partition coefficient (Wildman–Crippen LogP) is 3.01. The lowest BCUT2D eigenvalue weighted by molar-refractivity contribution is -0.138. The first-order chi connectivity index (χ1) is 9.38. The Kier molecular flexibility index (Phi) is 4.31. The van der Waals surface area contributed by atoms with Gasteiger partial charge < -0.3 is 16.2 Å². The lowest BCUT2D eigenvalue weighted by atomic mass is 10.2. The number of halogens is 3. The molecule has 0 fully saturated rings. The van der Waals surface area contributed by atoms with E-state index in [0.29, 0.717) is 0 Å². The average Bonchev–Trinajstić information content (AvgIpc) is 2.83. The Balaban J connectivity index is 2.23. The molecule has 20 heavy (non-hydrogen) atoms. The molecule has 1 heterocycles. The molecule has 106 valence electrons. The van der Waals surface area contributed by atoms with Gasteiger partial charge in [0.25, 0.3) is 0 Å². The third-order valence-electron chi connectivity index (χ3n) is 2.36. The number of hydrogen-bond donors (Lipinski definition) is 3. The van der Waals surface area contributed by atoms with Gasteiger partial charge in [0.05, 0.1) is 15.9 Å². The molecule has 1 aromatic heterocycles. The second kappa shape index (κ2) is 5.81. The summed E-state index contributed by atoms with van der Waals surface area (Å²) in [5, 5.41) is 13.1. The smallest absolute Gasteiger partial charge is 0.326 e. The van der Waals surface area contributed by atoms with Crippen LogP contribution in [0.3, 0.4) is 0 Å². The second-order valence-electron chi connectivity index (χ2n) is 3.76. The van der Waals surface area contributed by atoms with Crippen LogP contribution in [0.15, 0.2) is 22.0 Å². The molecular formula is C11H8BrF2N3O2S. The summed E-state index contributed by atoms with van der Waals surface area (Å²) >= 11 is 4.01. The first-order valence-electron chi connectivity index (χ1n) is 5.24. The number of anilines is 2. The number of thiazole rings is 1. The minimum atomic E-state index is -1.24. The molecule has 5 nitrogen and oxygen atoms in total. The SMILES string of the molecule is NC(C(=O)O)c1csc(Nc2cc(Br)c(F)cc2F)n1. The zero-order valence-electron chi connectivity index (χ0n) is 9.73. The van der Waals surface area contributed by atoms with Crippen LogP contribution in [0.4, 0.5) is 19.6 Å². The van der Waals surface area contributed by atoms with Crippen molar-refractivity contribution >= 4 is 44.1 Å². The molecular weight excluding hydrogens is 356 g/mol. The molecule has 1 aromatic carbocycles. The molecule has 0 saturated heterocycles. The Morgan fingerprint density at radius 3 is 2.80 bits per heavy atom. The molecule has 1 atom stereocenters. The fourth-order valence-corrected chi connectivity index (χ4v) is 2.45. The van der Waals surface area contributed by atoms with Crippen molar-refractivity contribution in [3.8, 4) is 0 Å². The zero-order chi connectivity index (χ0) is 14.9. The number of hydrogen-bond acceptors (Lipinski definition) is 5. The number of nitrogens with two attached hydrogens (primary N) is 1. The number of carboxylic acids is 1. The number of benzene rings is 1. The summed E-state index contributed by atoms with van der Waals surface area (Å²) in [6.07, 6.45) is 0. The van der Waals surface area contributed by atoms with E-state index in [1.165, 1.54) is 11.4 Å². The van der Waals surface area contributed by atoms with Crippen molar-refractivity contribution in [2.45, 2.75) is 6.04 Å². The van der Waals surface area contributed by atoms with E-state index in [0.717, 1.165) is 17.4 Å². The molecule has 2 rings (SSSR count). The molecule has 2 aromatic rings. The van der Waals surface area contributed by atoms with Gasteiger partial charge in [-0.05, 0) is 22.0 Å². The van der Waals surface area contributed by atoms with E-state index in [9.17, 15) is 13.6 Å². The summed E-state index contributed by atoms with van der Waals surface area (Å²) in [5.41, 5.74) is 5.58. The third-order valence-corrected chi connectivity index (χ3v) is 3.74. The van der Waals surface area contributed by atoms with Gasteiger partial charge in [-0.15, -0.1) is 11.3 Å². The highest BCUT2D eigenvalue weighted by Gasteiger charge is 2.18. The van der Waals surface area contributed by atoms with E-state index in [2.05, 4.69) is 26.2 Å². The monoisotopic (exact) mass is 363 g/mol. The summed E-state index contributed by atoms with van der Waals surface area (Å²) in [6, 6.07) is 0.707. The molecule has 0 aliphatic rings. The molecule has 0 spiro atoms. The topological polar surface area (TPSA) is 88.2 Å². The lowest BCUT2D eigenvalue weighted by Crippen LogP contribution is -2.20. The van der Waals surface area contributed by atoms with Crippen LogP contribution in [0, 0.1) is 11.6 Å². The highest BCUT2D eigenvalue weighted by molar-refractivity contribution is 9.10. The van der Waals surface area contributed by atoms with Crippen molar-refractivity contribution in [2.24, 2.45) is 5.73 Å². The zero-order valence-corrected chi connectivity index (χ0v) is 12.1. The fourth-order valence-electron chi connectivity index (χ4n) is 1.35. The molecule has 4 N–H and O–H groups in total. The van der Waals surface area contributed by atoms with Gasteiger partial charge in [-0.3, -0.25) is 4.79 Å². The number of rotatable bonds is 4. The van der Waals surface area contributed by atoms with Crippen molar-refractivity contribution in [1.29, 1.82) is 0 Å². The first kappa shape index (κ1) is 14.8. The van der Waals surface area contributed by atoms with Crippen LogP contribution in [0.1, 0.15) is 11.7 Å². The Morgan fingerprint density at radius 2 is 2.15 bits per heavy atom. The molecule has 1 unspecified atom stereocenters. The lowest BCUT2D eigenvalue weighted by Gasteiger charge is -2.06. The van der Waals surface area contributed by atoms with Gasteiger partial charge in [0.1, 0.15) is 17.7 Å². The Morgan fingerprint density at radius 1 is 1.45 bits per heavy atom. The number of carbonyl (C=O) groups is 1. The summed E-state index contributed by atoms with van der Waals surface area (Å²) in [7, 11) is 0. The van der Waals surface area contributed by atoms with Crippen LogP contribution in [-0.2, 0) is 4.79 Å². The van der Waals surface area contributed by atoms with Crippen molar-refractivity contribution in [1.82, 2.24) is 4.98 Å². The third kappa shape index (κ3) is 3.11. The minimum Gasteiger partial charge on any atom is -0.480 e. The quantitative estimate of drug-likeness (QED) is 0.726. The normalized spacial score (nSPS) is 12.2. The van der Waals surface area contributed by atoms with Crippen molar-refractivity contribution in [3.05, 3.63) is 39.3 Å². The Hall–Kier alpha value is -1.58. The number of carboxylic acid groups (broad SMARTS) is 1. The molecule has 0 saturated carbocycles. The molecule has 0 aliphatic carbocycles. The maximum absolute atomic E-state index is 13.5. The van der Waals surface area contributed by atoms with E-state index >= 15 is 0 Å². The van der Waals surface area contributed by atoms with Gasteiger partial charge in [-0.2, -0.15) is 0 Å². The van der Waals surface area contributed by atoms with Gasteiger partial charge in [0.15, 0.2) is 5.13 Å². The minimum absolute atomic E-state index is 0.0167. The van der Waals surface area contributed by atoms with Crippen molar-refractivity contribution in [3.63, 3.8) is 0 Å². The average molecular weight is 364 g/mol. The highest BCUT2D eigenvalue weighted by Crippen LogP contribution is 2.28. The number of aliphatic carboxylic acids is 1. The fraction of sp³-hybridized carbons (Fsp3) is 0.0909. The maximum Gasteiger partial charge on any atom is 0.326 e.